The summed E-state index contributed by atoms with van der Waals surface area (Å²) in [7, 11) is 0. The number of nitrogens with two attached hydrogens (primary N) is 1. The highest BCUT2D eigenvalue weighted by Crippen LogP contribution is 2.22. The van der Waals surface area contributed by atoms with E-state index in [1.165, 1.54) is 35.8 Å². The van der Waals surface area contributed by atoms with Gasteiger partial charge in [0.2, 0.25) is 5.88 Å². The van der Waals surface area contributed by atoms with E-state index in [0.29, 0.717) is 19.5 Å². The zero-order valence-electron chi connectivity index (χ0n) is 16.3. The molecule has 0 radical (unpaired) electrons. The Labute approximate surface area is 165 Å². The van der Waals surface area contributed by atoms with Crippen LogP contribution in [0.5, 0.6) is 11.6 Å². The monoisotopic (exact) mass is 392 g/mol. The molecular weight excluding hydrogens is 360 g/mol. The van der Waals surface area contributed by atoms with Crippen molar-refractivity contribution in [2.24, 2.45) is 5.73 Å². The van der Waals surface area contributed by atoms with Crippen molar-refractivity contribution in [1.29, 1.82) is 0 Å². The topological polar surface area (TPSA) is 77.5 Å². The minimum absolute atomic E-state index is 0.0816. The number of ether oxygens (including phenoxy) is 1. The second-order valence-corrected chi connectivity index (χ2v) is 7.86. The van der Waals surface area contributed by atoms with Crippen molar-refractivity contribution >= 4 is 11.3 Å². The maximum atomic E-state index is 11.8. The van der Waals surface area contributed by atoms with Crippen molar-refractivity contribution in [2.45, 2.75) is 64.8 Å². The Bertz CT molecular complexity index is 722. The first-order valence-corrected chi connectivity index (χ1v) is 10.8. The number of benzene rings is 1. The van der Waals surface area contributed by atoms with Gasteiger partial charge in [-0.05, 0) is 43.4 Å². The Morgan fingerprint density at radius 3 is 2.52 bits per heavy atom. The number of rotatable bonds is 13. The molecule has 1 aromatic heterocycles. The summed E-state index contributed by atoms with van der Waals surface area (Å²) in [5, 5.41) is 10.1. The van der Waals surface area contributed by atoms with Crippen molar-refractivity contribution in [1.82, 2.24) is 4.57 Å². The quantitative estimate of drug-likeness (QED) is 0.503. The van der Waals surface area contributed by atoms with E-state index in [1.807, 2.05) is 12.1 Å². The van der Waals surface area contributed by atoms with Crippen LogP contribution in [0.2, 0.25) is 0 Å². The van der Waals surface area contributed by atoms with E-state index in [4.69, 9.17) is 10.5 Å². The lowest BCUT2D eigenvalue weighted by Gasteiger charge is -2.07. The van der Waals surface area contributed by atoms with E-state index < -0.39 is 0 Å². The van der Waals surface area contributed by atoms with Crippen molar-refractivity contribution in [2.75, 3.05) is 13.2 Å². The largest absolute Gasteiger partial charge is 0.494 e. The summed E-state index contributed by atoms with van der Waals surface area (Å²) in [5.74, 6) is 1.00. The van der Waals surface area contributed by atoms with Crippen LogP contribution in [0.25, 0.3) is 0 Å². The van der Waals surface area contributed by atoms with Crippen LogP contribution in [0.1, 0.15) is 55.9 Å². The summed E-state index contributed by atoms with van der Waals surface area (Å²) in [6, 6.07) is 8.23. The molecular formula is C21H32N2O3S. The fourth-order valence-corrected chi connectivity index (χ4v) is 3.98. The minimum atomic E-state index is -0.135. The smallest absolute Gasteiger partial charge is 0.310 e. The van der Waals surface area contributed by atoms with E-state index >= 15 is 0 Å². The number of unbranched alkanes of at least 4 members (excludes halogenated alkanes) is 4. The van der Waals surface area contributed by atoms with Crippen LogP contribution < -0.4 is 15.3 Å². The van der Waals surface area contributed by atoms with Gasteiger partial charge in [0.15, 0.2) is 0 Å². The number of thiazole rings is 1. The molecule has 0 unspecified atom stereocenters. The third-order valence-electron chi connectivity index (χ3n) is 4.60. The van der Waals surface area contributed by atoms with Gasteiger partial charge in [-0.2, -0.15) is 0 Å². The van der Waals surface area contributed by atoms with Gasteiger partial charge in [0.1, 0.15) is 5.75 Å². The first-order chi connectivity index (χ1) is 13.2. The summed E-state index contributed by atoms with van der Waals surface area (Å²) < 4.78 is 7.15. The zero-order valence-corrected chi connectivity index (χ0v) is 17.1. The predicted molar refractivity (Wildman–Crippen MR) is 112 cm³/mol. The van der Waals surface area contributed by atoms with E-state index in [9.17, 15) is 9.90 Å². The molecule has 1 aromatic carbocycles. The Hall–Kier alpha value is -1.79. The maximum absolute atomic E-state index is 11.8. The summed E-state index contributed by atoms with van der Waals surface area (Å²) in [5.41, 5.74) is 6.71. The van der Waals surface area contributed by atoms with Gasteiger partial charge in [0.25, 0.3) is 0 Å². The van der Waals surface area contributed by atoms with Gasteiger partial charge in [-0.15, -0.1) is 0 Å². The third kappa shape index (κ3) is 7.03. The van der Waals surface area contributed by atoms with Crippen LogP contribution >= 0.6 is 11.3 Å². The van der Waals surface area contributed by atoms with Gasteiger partial charge >= 0.3 is 4.87 Å². The van der Waals surface area contributed by atoms with Crippen molar-refractivity contribution in [3.63, 3.8) is 0 Å². The number of aryl methyl sites for hydroxylation is 2. The molecule has 6 heteroatoms. The summed E-state index contributed by atoms with van der Waals surface area (Å²) in [6.07, 6.45) is 8.68. The molecule has 0 aliphatic heterocycles. The Morgan fingerprint density at radius 2 is 1.81 bits per heavy atom. The van der Waals surface area contributed by atoms with Gasteiger partial charge in [0.05, 0.1) is 11.5 Å². The lowest BCUT2D eigenvalue weighted by atomic mass is 10.1. The van der Waals surface area contributed by atoms with E-state index in [2.05, 4.69) is 19.1 Å². The van der Waals surface area contributed by atoms with E-state index in [-0.39, 0.29) is 10.8 Å². The standard InChI is InChI=1S/C21H32N2O3S/c1-2-3-4-5-6-16-26-18-12-10-17(11-13-18)8-7-9-19-20(24)23(15-14-22)21(25)27-19/h10-13,24H,2-9,14-16,22H2,1H3. The maximum Gasteiger partial charge on any atom is 0.310 e. The summed E-state index contributed by atoms with van der Waals surface area (Å²) in [4.78, 5) is 12.4. The molecule has 0 bridgehead atoms. The molecule has 2 aromatic rings. The van der Waals surface area contributed by atoms with Crippen molar-refractivity contribution in [3.05, 3.63) is 44.4 Å². The highest BCUT2D eigenvalue weighted by Gasteiger charge is 2.12. The van der Waals surface area contributed by atoms with Crippen LogP contribution in [-0.2, 0) is 19.4 Å². The Morgan fingerprint density at radius 1 is 1.07 bits per heavy atom. The lowest BCUT2D eigenvalue weighted by Crippen LogP contribution is -2.18. The molecule has 0 fully saturated rings. The SMILES string of the molecule is CCCCCCCOc1ccc(CCCc2sc(=O)n(CCN)c2O)cc1. The number of aromatic hydroxyl groups is 1. The molecule has 0 amide bonds. The van der Waals surface area contributed by atoms with Gasteiger partial charge in [-0.25, -0.2) is 0 Å². The second kappa shape index (κ2) is 11.8. The van der Waals surface area contributed by atoms with Crippen molar-refractivity contribution in [3.8, 4) is 11.6 Å². The molecule has 0 aliphatic carbocycles. The molecule has 5 nitrogen and oxygen atoms in total. The van der Waals surface area contributed by atoms with Gasteiger partial charge in [0, 0.05) is 13.1 Å². The molecule has 150 valence electrons. The average Bonchev–Trinajstić information content (AvgIpc) is 2.94. The molecule has 0 saturated heterocycles. The number of aromatic nitrogens is 1. The molecule has 27 heavy (non-hydrogen) atoms. The van der Waals surface area contributed by atoms with E-state index in [0.717, 1.165) is 47.8 Å². The molecule has 2 rings (SSSR count). The zero-order chi connectivity index (χ0) is 19.5. The lowest BCUT2D eigenvalue weighted by molar-refractivity contribution is 0.304. The highest BCUT2D eigenvalue weighted by molar-refractivity contribution is 7.09. The van der Waals surface area contributed by atoms with E-state index in [1.54, 1.807) is 0 Å². The molecule has 1 heterocycles. The first kappa shape index (κ1) is 21.5. The highest BCUT2D eigenvalue weighted by atomic mass is 32.1. The molecule has 0 atom stereocenters. The number of hydrogen-bond acceptors (Lipinski definition) is 5. The van der Waals surface area contributed by atoms with Crippen LogP contribution in [0.4, 0.5) is 0 Å². The normalized spacial score (nSPS) is 11.0. The summed E-state index contributed by atoms with van der Waals surface area (Å²) >= 11 is 1.12. The van der Waals surface area contributed by atoms with Crippen LogP contribution in [0, 0.1) is 0 Å². The fourth-order valence-electron chi connectivity index (χ4n) is 3.03. The molecule has 0 spiro atoms. The number of nitrogens with zero attached hydrogens (tertiary/aromatic N) is 1. The van der Waals surface area contributed by atoms with Crippen molar-refractivity contribution < 1.29 is 9.84 Å². The van der Waals surface area contributed by atoms with Gasteiger partial charge in [-0.3, -0.25) is 9.36 Å². The average molecular weight is 393 g/mol. The predicted octanol–water partition coefficient (Wildman–Crippen LogP) is 4.10. The molecule has 0 saturated carbocycles. The second-order valence-electron chi connectivity index (χ2n) is 6.82. The summed E-state index contributed by atoms with van der Waals surface area (Å²) in [6.45, 7) is 3.71. The Balaban J connectivity index is 1.72. The fraction of sp³-hybridized carbons (Fsp3) is 0.571. The van der Waals surface area contributed by atoms with Gasteiger partial charge in [-0.1, -0.05) is 56.1 Å². The minimum Gasteiger partial charge on any atom is -0.494 e. The van der Waals surface area contributed by atoms with Gasteiger partial charge < -0.3 is 15.6 Å². The van der Waals surface area contributed by atoms with Crippen LogP contribution in [0.15, 0.2) is 29.1 Å². The first-order valence-electron chi connectivity index (χ1n) is 9.99. The van der Waals surface area contributed by atoms with Crippen LogP contribution in [0.3, 0.4) is 0 Å². The Kier molecular flexibility index (Phi) is 9.42. The molecule has 3 N–H and O–H groups in total. The number of hydrogen-bond donors (Lipinski definition) is 2. The van der Waals surface area contributed by atoms with Crippen LogP contribution in [-0.4, -0.2) is 22.8 Å². The molecule has 0 aliphatic rings. The third-order valence-corrected chi connectivity index (χ3v) is 5.63.